The molecule has 1 amide bonds. The number of pyridine rings is 1. The number of rotatable bonds is 2. The number of halogens is 1. The fraction of sp³-hybridized carbons (Fsp3) is 0.333. The first-order chi connectivity index (χ1) is 10.7. The fourth-order valence-corrected chi connectivity index (χ4v) is 3.13. The van der Waals surface area contributed by atoms with Crippen LogP contribution in [-0.2, 0) is 0 Å². The Bertz CT molecular complexity index is 627. The summed E-state index contributed by atoms with van der Waals surface area (Å²) in [5, 5.41) is 0.751. The van der Waals surface area contributed by atoms with E-state index >= 15 is 0 Å². The van der Waals surface area contributed by atoms with Gasteiger partial charge >= 0.3 is 0 Å². The first kappa shape index (κ1) is 15.0. The number of carbonyl (C=O) groups excluding carboxylic acids is 1. The van der Waals surface area contributed by atoms with Gasteiger partial charge in [-0.05, 0) is 42.7 Å². The summed E-state index contributed by atoms with van der Waals surface area (Å²) in [5.74, 6) is 0.453. The molecule has 1 aromatic carbocycles. The molecule has 4 heteroatoms. The van der Waals surface area contributed by atoms with E-state index in [2.05, 4.69) is 17.1 Å². The molecule has 3 nitrogen and oxygen atoms in total. The van der Waals surface area contributed by atoms with Crippen molar-refractivity contribution in [2.75, 3.05) is 13.1 Å². The molecular formula is C18H19ClN2O. The quantitative estimate of drug-likeness (QED) is 0.834. The Morgan fingerprint density at radius 2 is 2.00 bits per heavy atom. The van der Waals surface area contributed by atoms with Crippen LogP contribution in [0.2, 0.25) is 5.02 Å². The number of hydrogen-bond donors (Lipinski definition) is 0. The molecular weight excluding hydrogens is 296 g/mol. The maximum Gasteiger partial charge on any atom is 0.255 e. The van der Waals surface area contributed by atoms with E-state index in [0.717, 1.165) is 37.4 Å². The molecule has 22 heavy (non-hydrogen) atoms. The predicted octanol–water partition coefficient (Wildman–Crippen LogP) is 4.14. The van der Waals surface area contributed by atoms with Crippen molar-refractivity contribution in [2.45, 2.75) is 25.2 Å². The van der Waals surface area contributed by atoms with Crippen LogP contribution in [0.3, 0.4) is 0 Å². The topological polar surface area (TPSA) is 33.2 Å². The molecule has 0 bridgehead atoms. The van der Waals surface area contributed by atoms with E-state index in [4.69, 9.17) is 11.6 Å². The first-order valence-corrected chi connectivity index (χ1v) is 8.06. The van der Waals surface area contributed by atoms with Crippen LogP contribution in [0, 0.1) is 0 Å². The smallest absolute Gasteiger partial charge is 0.255 e. The van der Waals surface area contributed by atoms with Gasteiger partial charge in [0.2, 0.25) is 0 Å². The molecule has 1 aliphatic rings. The van der Waals surface area contributed by atoms with Crippen molar-refractivity contribution < 1.29 is 4.79 Å². The molecule has 0 saturated carbocycles. The van der Waals surface area contributed by atoms with Gasteiger partial charge in [-0.1, -0.05) is 30.2 Å². The summed E-state index contributed by atoms with van der Waals surface area (Å²) in [6.07, 6.45) is 6.64. The number of benzene rings is 1. The molecule has 2 heterocycles. The number of carbonyl (C=O) groups is 1. The van der Waals surface area contributed by atoms with Crippen molar-refractivity contribution in [2.24, 2.45) is 0 Å². The molecule has 2 aromatic rings. The van der Waals surface area contributed by atoms with E-state index in [1.54, 1.807) is 12.4 Å². The molecule has 1 saturated heterocycles. The number of aromatic nitrogens is 1. The standard InChI is InChI=1S/C18H19ClN2O/c19-17-8-6-14(7-9-17)16-4-1-2-11-21(13-16)18(22)15-5-3-10-20-12-15/h3,5-10,12,16H,1-2,4,11,13H2/t16-/m0/s1. The van der Waals surface area contributed by atoms with Gasteiger partial charge in [-0.3, -0.25) is 9.78 Å². The minimum absolute atomic E-state index is 0.0777. The van der Waals surface area contributed by atoms with Gasteiger partial charge in [0.1, 0.15) is 0 Å². The molecule has 0 radical (unpaired) electrons. The summed E-state index contributed by atoms with van der Waals surface area (Å²) in [4.78, 5) is 18.7. The van der Waals surface area contributed by atoms with Gasteiger partial charge in [-0.25, -0.2) is 0 Å². The van der Waals surface area contributed by atoms with Crippen molar-refractivity contribution in [3.05, 3.63) is 64.9 Å². The van der Waals surface area contributed by atoms with E-state index in [9.17, 15) is 4.79 Å². The molecule has 0 N–H and O–H groups in total. The number of hydrogen-bond acceptors (Lipinski definition) is 2. The van der Waals surface area contributed by atoms with E-state index in [1.165, 1.54) is 5.56 Å². The third-order valence-corrected chi connectivity index (χ3v) is 4.46. The van der Waals surface area contributed by atoms with Crippen molar-refractivity contribution in [1.82, 2.24) is 9.88 Å². The Hall–Kier alpha value is -1.87. The molecule has 0 spiro atoms. The van der Waals surface area contributed by atoms with E-state index in [1.807, 2.05) is 29.2 Å². The van der Waals surface area contributed by atoms with Crippen molar-refractivity contribution in [1.29, 1.82) is 0 Å². The second kappa shape index (κ2) is 6.93. The number of likely N-dealkylation sites (tertiary alicyclic amines) is 1. The van der Waals surface area contributed by atoms with Gasteiger partial charge in [0.05, 0.1) is 5.56 Å². The molecule has 1 aromatic heterocycles. The molecule has 0 unspecified atom stereocenters. The predicted molar refractivity (Wildman–Crippen MR) is 88.2 cm³/mol. The Morgan fingerprint density at radius 1 is 1.18 bits per heavy atom. The van der Waals surface area contributed by atoms with Crippen molar-refractivity contribution in [3.63, 3.8) is 0 Å². The minimum atomic E-state index is 0.0777. The summed E-state index contributed by atoms with van der Waals surface area (Å²) < 4.78 is 0. The van der Waals surface area contributed by atoms with Crippen LogP contribution in [0.25, 0.3) is 0 Å². The Kier molecular flexibility index (Phi) is 4.74. The number of amides is 1. The zero-order chi connectivity index (χ0) is 15.4. The third kappa shape index (κ3) is 3.47. The van der Waals surface area contributed by atoms with E-state index in [0.29, 0.717) is 11.5 Å². The maximum atomic E-state index is 12.6. The van der Waals surface area contributed by atoms with Crippen molar-refractivity contribution >= 4 is 17.5 Å². The minimum Gasteiger partial charge on any atom is -0.338 e. The van der Waals surface area contributed by atoms with E-state index in [-0.39, 0.29) is 5.91 Å². The van der Waals surface area contributed by atoms with Crippen LogP contribution in [0.5, 0.6) is 0 Å². The largest absolute Gasteiger partial charge is 0.338 e. The van der Waals surface area contributed by atoms with Crippen LogP contribution >= 0.6 is 11.6 Å². The highest BCUT2D eigenvalue weighted by molar-refractivity contribution is 6.30. The van der Waals surface area contributed by atoms with E-state index < -0.39 is 0 Å². The van der Waals surface area contributed by atoms with Crippen LogP contribution < -0.4 is 0 Å². The highest BCUT2D eigenvalue weighted by Crippen LogP contribution is 2.28. The SMILES string of the molecule is O=C(c1cccnc1)N1CCCC[C@H](c2ccc(Cl)cc2)C1. The van der Waals surface area contributed by atoms with Crippen LogP contribution in [0.1, 0.15) is 41.1 Å². The van der Waals surface area contributed by atoms with Gasteiger partial charge < -0.3 is 4.90 Å². The normalized spacial score (nSPS) is 18.8. The Labute approximate surface area is 135 Å². The summed E-state index contributed by atoms with van der Waals surface area (Å²) in [7, 11) is 0. The van der Waals surface area contributed by atoms with Gasteiger partial charge in [-0.2, -0.15) is 0 Å². The lowest BCUT2D eigenvalue weighted by molar-refractivity contribution is 0.0754. The number of nitrogens with zero attached hydrogens (tertiary/aromatic N) is 2. The average Bonchev–Trinajstić information content (AvgIpc) is 2.82. The lowest BCUT2D eigenvalue weighted by Crippen LogP contribution is -2.34. The highest BCUT2D eigenvalue weighted by Gasteiger charge is 2.24. The zero-order valence-electron chi connectivity index (χ0n) is 12.4. The van der Waals surface area contributed by atoms with Crippen LogP contribution in [0.15, 0.2) is 48.8 Å². The Morgan fingerprint density at radius 3 is 2.73 bits per heavy atom. The molecule has 1 fully saturated rings. The van der Waals surface area contributed by atoms with Crippen LogP contribution in [0.4, 0.5) is 0 Å². The second-order valence-electron chi connectivity index (χ2n) is 5.74. The molecule has 0 aliphatic carbocycles. The van der Waals surface area contributed by atoms with Crippen LogP contribution in [-0.4, -0.2) is 28.9 Å². The molecule has 3 rings (SSSR count). The van der Waals surface area contributed by atoms with Gasteiger partial charge in [0.15, 0.2) is 0 Å². The second-order valence-corrected chi connectivity index (χ2v) is 6.17. The third-order valence-electron chi connectivity index (χ3n) is 4.21. The summed E-state index contributed by atoms with van der Waals surface area (Å²) in [5.41, 5.74) is 1.93. The summed E-state index contributed by atoms with van der Waals surface area (Å²) in [6.45, 7) is 1.58. The van der Waals surface area contributed by atoms with Crippen molar-refractivity contribution in [3.8, 4) is 0 Å². The van der Waals surface area contributed by atoms with Gasteiger partial charge in [0.25, 0.3) is 5.91 Å². The Balaban J connectivity index is 1.78. The van der Waals surface area contributed by atoms with Gasteiger partial charge in [-0.15, -0.1) is 0 Å². The fourth-order valence-electron chi connectivity index (χ4n) is 3.01. The lowest BCUT2D eigenvalue weighted by atomic mass is 9.94. The maximum absolute atomic E-state index is 12.6. The monoisotopic (exact) mass is 314 g/mol. The summed E-state index contributed by atoms with van der Waals surface area (Å²) >= 11 is 5.97. The molecule has 1 atom stereocenters. The highest BCUT2D eigenvalue weighted by atomic mass is 35.5. The average molecular weight is 315 g/mol. The lowest BCUT2D eigenvalue weighted by Gasteiger charge is -2.25. The van der Waals surface area contributed by atoms with Gasteiger partial charge in [0, 0.05) is 36.4 Å². The molecule has 1 aliphatic heterocycles. The molecule has 114 valence electrons. The zero-order valence-corrected chi connectivity index (χ0v) is 13.2. The summed E-state index contributed by atoms with van der Waals surface area (Å²) in [6, 6.07) is 11.6. The first-order valence-electron chi connectivity index (χ1n) is 7.69.